The van der Waals surface area contributed by atoms with E-state index in [0.717, 1.165) is 60.6 Å². The van der Waals surface area contributed by atoms with Gasteiger partial charge in [-0.3, -0.25) is 4.98 Å². The van der Waals surface area contributed by atoms with Crippen molar-refractivity contribution in [3.63, 3.8) is 0 Å². The molecule has 0 radical (unpaired) electrons. The molecule has 1 fully saturated rings. The number of hydrogen-bond donors (Lipinski definition) is 1. The largest absolute Gasteiger partial charge is 0.453 e. The third-order valence-corrected chi connectivity index (χ3v) is 5.83. The third kappa shape index (κ3) is 3.68. The molecule has 30 heavy (non-hydrogen) atoms. The van der Waals surface area contributed by atoms with E-state index in [0.29, 0.717) is 22.4 Å². The van der Waals surface area contributed by atoms with Crippen LogP contribution in [0.5, 0.6) is 11.5 Å². The summed E-state index contributed by atoms with van der Waals surface area (Å²) in [6, 6.07) is 5.92. The minimum Gasteiger partial charge on any atom is -0.453 e. The molecule has 154 valence electrons. The Morgan fingerprint density at radius 1 is 1.23 bits per heavy atom. The van der Waals surface area contributed by atoms with Crippen molar-refractivity contribution in [2.75, 3.05) is 26.8 Å². The molecule has 1 aromatic carbocycles. The highest BCUT2D eigenvalue weighted by Gasteiger charge is 2.23. The maximum Gasteiger partial charge on any atom is 0.163 e. The molecule has 6 nitrogen and oxygen atoms in total. The normalized spacial score (nSPS) is 17.4. The molecule has 4 heterocycles. The number of allylic oxidation sites excluding steroid dienone is 2. The lowest BCUT2D eigenvalue weighted by atomic mass is 10.00. The molecule has 2 aliphatic heterocycles. The molecule has 3 aromatic rings. The van der Waals surface area contributed by atoms with Gasteiger partial charge in [0.15, 0.2) is 5.75 Å². The van der Waals surface area contributed by atoms with Gasteiger partial charge < -0.3 is 19.4 Å². The Labute approximate surface area is 180 Å². The Balaban J connectivity index is 1.64. The molecule has 0 saturated carbocycles. The summed E-state index contributed by atoms with van der Waals surface area (Å²) in [5.74, 6) is 2.61. The van der Waals surface area contributed by atoms with Crippen LogP contribution in [-0.2, 0) is 4.74 Å². The number of halogens is 1. The zero-order valence-corrected chi connectivity index (χ0v) is 17.5. The SMILES string of the molecule is CN1C=C(c2ccc3[nH]c(C4CCOCC4)nc3c2Oc2ccncc2Cl)C=CC1. The van der Waals surface area contributed by atoms with E-state index in [9.17, 15) is 0 Å². The van der Waals surface area contributed by atoms with Crippen molar-refractivity contribution in [1.82, 2.24) is 19.9 Å². The number of benzene rings is 1. The summed E-state index contributed by atoms with van der Waals surface area (Å²) in [5.41, 5.74) is 3.81. The lowest BCUT2D eigenvalue weighted by Crippen LogP contribution is -2.15. The van der Waals surface area contributed by atoms with Gasteiger partial charge in [0.2, 0.25) is 0 Å². The summed E-state index contributed by atoms with van der Waals surface area (Å²) in [4.78, 5) is 14.7. The van der Waals surface area contributed by atoms with Crippen LogP contribution in [0.3, 0.4) is 0 Å². The van der Waals surface area contributed by atoms with Crippen LogP contribution in [0.2, 0.25) is 5.02 Å². The lowest BCUT2D eigenvalue weighted by Gasteiger charge is -2.20. The second-order valence-electron chi connectivity index (χ2n) is 7.68. The van der Waals surface area contributed by atoms with Crippen molar-refractivity contribution in [2.45, 2.75) is 18.8 Å². The number of nitrogens with zero attached hydrogens (tertiary/aromatic N) is 3. The number of imidazole rings is 1. The predicted molar refractivity (Wildman–Crippen MR) is 118 cm³/mol. The van der Waals surface area contributed by atoms with E-state index in [1.807, 2.05) is 0 Å². The number of fused-ring (bicyclic) bond motifs is 1. The predicted octanol–water partition coefficient (Wildman–Crippen LogP) is 5.14. The van der Waals surface area contributed by atoms with Gasteiger partial charge in [-0.25, -0.2) is 4.98 Å². The molecule has 1 N–H and O–H groups in total. The molecule has 0 aliphatic carbocycles. The second-order valence-corrected chi connectivity index (χ2v) is 8.09. The quantitative estimate of drug-likeness (QED) is 0.630. The fourth-order valence-corrected chi connectivity index (χ4v) is 4.12. The highest BCUT2D eigenvalue weighted by atomic mass is 35.5. The maximum absolute atomic E-state index is 6.37. The Bertz CT molecular complexity index is 1130. The van der Waals surface area contributed by atoms with Crippen molar-refractivity contribution in [2.24, 2.45) is 0 Å². The number of H-pyrrole nitrogens is 1. The Kier molecular flexibility index (Phi) is 5.19. The summed E-state index contributed by atoms with van der Waals surface area (Å²) >= 11 is 6.35. The van der Waals surface area contributed by atoms with Crippen LogP contribution >= 0.6 is 11.6 Å². The van der Waals surface area contributed by atoms with Crippen molar-refractivity contribution >= 4 is 28.2 Å². The highest BCUT2D eigenvalue weighted by Crippen LogP contribution is 2.40. The molecule has 1 saturated heterocycles. The van der Waals surface area contributed by atoms with Gasteiger partial charge in [-0.05, 0) is 25.0 Å². The molecule has 2 aliphatic rings. The number of aromatic amines is 1. The topological polar surface area (TPSA) is 63.3 Å². The van der Waals surface area contributed by atoms with Gasteiger partial charge in [-0.2, -0.15) is 0 Å². The Hall–Kier alpha value is -2.83. The second kappa shape index (κ2) is 8.13. The fourth-order valence-electron chi connectivity index (χ4n) is 3.96. The molecule has 0 bridgehead atoms. The Morgan fingerprint density at radius 2 is 2.10 bits per heavy atom. The summed E-state index contributed by atoms with van der Waals surface area (Å²) in [7, 11) is 2.06. The third-order valence-electron chi connectivity index (χ3n) is 5.54. The van der Waals surface area contributed by atoms with Gasteiger partial charge in [-0.15, -0.1) is 0 Å². The van der Waals surface area contributed by atoms with Crippen molar-refractivity contribution in [1.29, 1.82) is 0 Å². The Morgan fingerprint density at radius 3 is 2.90 bits per heavy atom. The molecule has 0 spiro atoms. The monoisotopic (exact) mass is 422 g/mol. The van der Waals surface area contributed by atoms with Crippen LogP contribution in [-0.4, -0.2) is 46.7 Å². The molecule has 2 aromatic heterocycles. The van der Waals surface area contributed by atoms with Crippen molar-refractivity contribution in [3.8, 4) is 11.5 Å². The molecule has 5 rings (SSSR count). The van der Waals surface area contributed by atoms with Gasteiger partial charge >= 0.3 is 0 Å². The first kappa shape index (κ1) is 19.2. The summed E-state index contributed by atoms with van der Waals surface area (Å²) in [6.07, 6.45) is 11.6. The summed E-state index contributed by atoms with van der Waals surface area (Å²) in [6.45, 7) is 2.42. The van der Waals surface area contributed by atoms with Crippen LogP contribution in [0.15, 0.2) is 48.9 Å². The van der Waals surface area contributed by atoms with E-state index in [1.165, 1.54) is 0 Å². The number of likely N-dealkylation sites (N-methyl/N-ethyl adjacent to an activating group) is 1. The van der Waals surface area contributed by atoms with Gasteiger partial charge in [-0.1, -0.05) is 23.8 Å². The smallest absolute Gasteiger partial charge is 0.163 e. The molecular weight excluding hydrogens is 400 g/mol. The van der Waals surface area contributed by atoms with Crippen LogP contribution in [0, 0.1) is 0 Å². The molecular formula is C23H23ClN4O2. The minimum atomic E-state index is 0.367. The lowest BCUT2D eigenvalue weighted by molar-refractivity contribution is 0.0838. The van der Waals surface area contributed by atoms with Crippen LogP contribution in [0.25, 0.3) is 16.6 Å². The van der Waals surface area contributed by atoms with Gasteiger partial charge in [0.05, 0.1) is 5.52 Å². The van der Waals surface area contributed by atoms with Crippen LogP contribution in [0.1, 0.15) is 30.1 Å². The van der Waals surface area contributed by atoms with E-state index in [2.05, 4.69) is 52.4 Å². The molecule has 0 amide bonds. The molecule has 0 atom stereocenters. The van der Waals surface area contributed by atoms with Gasteiger partial charge in [0.25, 0.3) is 0 Å². The minimum absolute atomic E-state index is 0.367. The van der Waals surface area contributed by atoms with E-state index >= 15 is 0 Å². The first-order chi connectivity index (χ1) is 14.7. The van der Waals surface area contributed by atoms with Crippen molar-refractivity contribution in [3.05, 3.63) is 65.4 Å². The highest BCUT2D eigenvalue weighted by molar-refractivity contribution is 6.31. The number of aromatic nitrogens is 3. The van der Waals surface area contributed by atoms with E-state index < -0.39 is 0 Å². The van der Waals surface area contributed by atoms with E-state index in [4.69, 9.17) is 26.1 Å². The standard InChI is InChI=1S/C23H23ClN4O2/c1-28-10-2-3-16(14-28)17-4-5-19-21(22(17)30-20-6-9-25-13-18(20)24)27-23(26-19)15-7-11-29-12-8-15/h2-6,9,13-15H,7-8,10-12H2,1H3,(H,26,27). The maximum atomic E-state index is 6.37. The number of nitrogens with one attached hydrogen (secondary N) is 1. The first-order valence-corrected chi connectivity index (χ1v) is 10.5. The van der Waals surface area contributed by atoms with E-state index in [1.54, 1.807) is 18.5 Å². The van der Waals surface area contributed by atoms with Crippen LogP contribution in [0.4, 0.5) is 0 Å². The zero-order chi connectivity index (χ0) is 20.5. The van der Waals surface area contributed by atoms with Gasteiger partial charge in [0.1, 0.15) is 22.1 Å². The van der Waals surface area contributed by atoms with Gasteiger partial charge in [0, 0.05) is 68.5 Å². The van der Waals surface area contributed by atoms with Crippen LogP contribution < -0.4 is 4.74 Å². The summed E-state index contributed by atoms with van der Waals surface area (Å²) in [5, 5.41) is 0.464. The first-order valence-electron chi connectivity index (χ1n) is 10.2. The average molecular weight is 423 g/mol. The molecule has 7 heteroatoms. The number of pyridine rings is 1. The number of hydrogen-bond acceptors (Lipinski definition) is 5. The number of ether oxygens (including phenoxy) is 2. The zero-order valence-electron chi connectivity index (χ0n) is 16.8. The number of rotatable bonds is 4. The average Bonchev–Trinajstić information content (AvgIpc) is 3.21. The summed E-state index contributed by atoms with van der Waals surface area (Å²) < 4.78 is 11.9. The molecule has 0 unspecified atom stereocenters. The van der Waals surface area contributed by atoms with E-state index in [-0.39, 0.29) is 0 Å². The van der Waals surface area contributed by atoms with Crippen molar-refractivity contribution < 1.29 is 9.47 Å². The fraction of sp³-hybridized carbons (Fsp3) is 0.304.